The molecule has 4 heteroatoms. The van der Waals surface area contributed by atoms with E-state index in [1.54, 1.807) is 0 Å². The Morgan fingerprint density at radius 2 is 0.588 bits per heavy atom. The summed E-state index contributed by atoms with van der Waals surface area (Å²) in [6.45, 7) is 0. The first-order chi connectivity index (χ1) is 33.7. The molecule has 0 aliphatic carbocycles. The molecule has 0 amide bonds. The molecule has 0 bridgehead atoms. The third-order valence-corrected chi connectivity index (χ3v) is 13.3. The second kappa shape index (κ2) is 16.4. The van der Waals surface area contributed by atoms with E-state index >= 15 is 0 Å². The Labute approximate surface area is 394 Å². The van der Waals surface area contributed by atoms with Crippen molar-refractivity contribution in [3.63, 3.8) is 0 Å². The summed E-state index contributed by atoms with van der Waals surface area (Å²) in [5.74, 6) is 0.697. The molecular weight excluding hydrogens is 825 g/mol. The number of benzene rings is 10. The van der Waals surface area contributed by atoms with Crippen LogP contribution in [0.3, 0.4) is 0 Å². The number of fused-ring (bicyclic) bond motifs is 6. The molecular formula is C64H42N4. The van der Waals surface area contributed by atoms with Gasteiger partial charge in [-0.25, -0.2) is 9.97 Å². The monoisotopic (exact) mass is 866 g/mol. The largest absolute Gasteiger partial charge is 0.309 e. The smallest absolute Gasteiger partial charge is 0.160 e. The topological polar surface area (TPSA) is 35.6 Å². The summed E-state index contributed by atoms with van der Waals surface area (Å²) < 4.78 is 4.78. The summed E-state index contributed by atoms with van der Waals surface area (Å²) in [6.07, 6.45) is 0. The lowest BCUT2D eigenvalue weighted by Crippen LogP contribution is -1.96. The maximum absolute atomic E-state index is 5.11. The van der Waals surface area contributed by atoms with Crippen LogP contribution >= 0.6 is 0 Å². The zero-order valence-electron chi connectivity index (χ0n) is 37.0. The fraction of sp³-hybridized carbons (Fsp3) is 0. The first kappa shape index (κ1) is 39.3. The van der Waals surface area contributed by atoms with Gasteiger partial charge in [0.1, 0.15) is 0 Å². The molecule has 4 nitrogen and oxygen atoms in total. The molecule has 0 spiro atoms. The van der Waals surface area contributed by atoms with E-state index in [2.05, 4.69) is 252 Å². The van der Waals surface area contributed by atoms with Crippen LogP contribution in [0.2, 0.25) is 0 Å². The van der Waals surface area contributed by atoms with Gasteiger partial charge in [-0.1, -0.05) is 176 Å². The summed E-state index contributed by atoms with van der Waals surface area (Å²) in [5.41, 5.74) is 18.9. The van der Waals surface area contributed by atoms with E-state index in [-0.39, 0.29) is 0 Å². The van der Waals surface area contributed by atoms with Crippen molar-refractivity contribution in [2.75, 3.05) is 0 Å². The zero-order chi connectivity index (χ0) is 45.0. The molecule has 68 heavy (non-hydrogen) atoms. The van der Waals surface area contributed by atoms with Crippen LogP contribution in [-0.4, -0.2) is 19.1 Å². The minimum absolute atomic E-state index is 0.697. The minimum atomic E-state index is 0.697. The van der Waals surface area contributed by atoms with Gasteiger partial charge in [0.25, 0.3) is 0 Å². The predicted octanol–water partition coefficient (Wildman–Crippen LogP) is 16.7. The number of hydrogen-bond acceptors (Lipinski definition) is 2. The van der Waals surface area contributed by atoms with Crippen molar-refractivity contribution in [1.29, 1.82) is 0 Å². The number of aromatic nitrogens is 4. The summed E-state index contributed by atoms with van der Waals surface area (Å²) in [5, 5.41) is 4.96. The maximum atomic E-state index is 5.11. The van der Waals surface area contributed by atoms with E-state index in [1.165, 1.54) is 54.7 Å². The van der Waals surface area contributed by atoms with Gasteiger partial charge in [0, 0.05) is 49.6 Å². The van der Waals surface area contributed by atoms with Gasteiger partial charge in [-0.15, -0.1) is 0 Å². The number of para-hydroxylation sites is 3. The molecule has 13 aromatic rings. The van der Waals surface area contributed by atoms with Crippen LogP contribution in [0.1, 0.15) is 0 Å². The lowest BCUT2D eigenvalue weighted by Gasteiger charge is -2.12. The van der Waals surface area contributed by atoms with Crippen molar-refractivity contribution in [3.8, 4) is 78.7 Å². The van der Waals surface area contributed by atoms with E-state index < -0.39 is 0 Å². The lowest BCUT2D eigenvalue weighted by atomic mass is 9.97. The number of nitrogens with zero attached hydrogens (tertiary/aromatic N) is 4. The van der Waals surface area contributed by atoms with Gasteiger partial charge in [0.15, 0.2) is 5.82 Å². The molecule has 0 fully saturated rings. The summed E-state index contributed by atoms with van der Waals surface area (Å²) in [4.78, 5) is 10.2. The van der Waals surface area contributed by atoms with Crippen LogP contribution in [0.4, 0.5) is 0 Å². The SMILES string of the molecule is c1ccc(-c2cc(-c3ccccc3)nc(-c3cccc(-c4cccc(-c5cccc(-n6c7ccccc7c7cc(-c8ccc9c(c8)c8ccccc8n9-c8ccccc8)ccc76)c5)c4)c3)n2)cc1. The van der Waals surface area contributed by atoms with E-state index in [0.717, 1.165) is 61.7 Å². The zero-order valence-corrected chi connectivity index (χ0v) is 37.0. The number of hydrogen-bond donors (Lipinski definition) is 0. The van der Waals surface area contributed by atoms with Crippen LogP contribution in [0.5, 0.6) is 0 Å². The Morgan fingerprint density at radius 1 is 0.221 bits per heavy atom. The van der Waals surface area contributed by atoms with Crippen LogP contribution in [0.25, 0.3) is 122 Å². The quantitative estimate of drug-likeness (QED) is 0.153. The van der Waals surface area contributed by atoms with E-state index in [9.17, 15) is 0 Å². The second-order valence-electron chi connectivity index (χ2n) is 17.4. The Hall–Kier alpha value is -9.12. The predicted molar refractivity (Wildman–Crippen MR) is 283 cm³/mol. The van der Waals surface area contributed by atoms with Crippen LogP contribution < -0.4 is 0 Å². The van der Waals surface area contributed by atoms with Gasteiger partial charge < -0.3 is 9.13 Å². The fourth-order valence-electron chi connectivity index (χ4n) is 10.1. The molecule has 0 saturated heterocycles. The molecule has 0 aliphatic rings. The highest BCUT2D eigenvalue weighted by molar-refractivity contribution is 6.12. The first-order valence-corrected chi connectivity index (χ1v) is 23.1. The molecule has 0 aliphatic heterocycles. The van der Waals surface area contributed by atoms with Crippen molar-refractivity contribution >= 4 is 43.6 Å². The Balaban J connectivity index is 0.861. The highest BCUT2D eigenvalue weighted by Gasteiger charge is 2.17. The van der Waals surface area contributed by atoms with Gasteiger partial charge in [0.2, 0.25) is 0 Å². The molecule has 13 rings (SSSR count). The molecule has 3 aromatic heterocycles. The molecule has 0 N–H and O–H groups in total. The molecule has 10 aromatic carbocycles. The van der Waals surface area contributed by atoms with E-state index in [4.69, 9.17) is 9.97 Å². The molecule has 318 valence electrons. The molecule has 0 atom stereocenters. The molecule has 0 radical (unpaired) electrons. The van der Waals surface area contributed by atoms with Gasteiger partial charge >= 0.3 is 0 Å². The van der Waals surface area contributed by atoms with Crippen molar-refractivity contribution in [3.05, 3.63) is 255 Å². The second-order valence-corrected chi connectivity index (χ2v) is 17.4. The maximum Gasteiger partial charge on any atom is 0.160 e. The lowest BCUT2D eigenvalue weighted by molar-refractivity contribution is 1.18. The van der Waals surface area contributed by atoms with Gasteiger partial charge in [-0.2, -0.15) is 0 Å². The van der Waals surface area contributed by atoms with Crippen molar-refractivity contribution in [2.24, 2.45) is 0 Å². The molecule has 0 saturated carbocycles. The highest BCUT2D eigenvalue weighted by Crippen LogP contribution is 2.39. The first-order valence-electron chi connectivity index (χ1n) is 23.1. The van der Waals surface area contributed by atoms with Crippen LogP contribution in [0, 0.1) is 0 Å². The standard InChI is InChI=1S/C64H42N4/c1-4-17-43(18-5-1)58-42-59(44-19-6-2-7-20-44)66-64(65-58)51-25-15-23-47(38-51)45-21-14-22-46(37-45)48-24-16-28-53(39-48)68-61-32-13-11-30-55(61)57-41-50(34-36-63(57)68)49-33-35-62-56(40-49)54-29-10-12-31-60(54)67(62)52-26-8-3-9-27-52/h1-42H. The third kappa shape index (κ3) is 6.86. The average Bonchev–Trinajstić information content (AvgIpc) is 3.94. The third-order valence-electron chi connectivity index (χ3n) is 13.3. The molecule has 0 unspecified atom stereocenters. The van der Waals surface area contributed by atoms with E-state index in [1.807, 2.05) is 12.1 Å². The Kier molecular flexibility index (Phi) is 9.47. The van der Waals surface area contributed by atoms with Crippen molar-refractivity contribution in [2.45, 2.75) is 0 Å². The van der Waals surface area contributed by atoms with Crippen molar-refractivity contribution < 1.29 is 0 Å². The van der Waals surface area contributed by atoms with Gasteiger partial charge in [-0.05, 0) is 112 Å². The number of rotatable bonds is 8. The van der Waals surface area contributed by atoms with Gasteiger partial charge in [-0.3, -0.25) is 0 Å². The van der Waals surface area contributed by atoms with Gasteiger partial charge in [0.05, 0.1) is 33.5 Å². The highest BCUT2D eigenvalue weighted by atomic mass is 15.0. The summed E-state index contributed by atoms with van der Waals surface area (Å²) >= 11 is 0. The van der Waals surface area contributed by atoms with Crippen LogP contribution in [-0.2, 0) is 0 Å². The Bertz CT molecular complexity index is 3960. The van der Waals surface area contributed by atoms with Crippen LogP contribution in [0.15, 0.2) is 255 Å². The summed E-state index contributed by atoms with van der Waals surface area (Å²) in [6, 6.07) is 91.1. The minimum Gasteiger partial charge on any atom is -0.309 e. The summed E-state index contributed by atoms with van der Waals surface area (Å²) in [7, 11) is 0. The van der Waals surface area contributed by atoms with Crippen molar-refractivity contribution in [1.82, 2.24) is 19.1 Å². The molecule has 3 heterocycles. The normalized spacial score (nSPS) is 11.5. The van der Waals surface area contributed by atoms with E-state index in [0.29, 0.717) is 5.82 Å². The Morgan fingerprint density at radius 3 is 1.13 bits per heavy atom. The average molecular weight is 867 g/mol. The fourth-order valence-corrected chi connectivity index (χ4v) is 10.1.